The Morgan fingerprint density at radius 2 is 1.45 bits per heavy atom. The van der Waals surface area contributed by atoms with Crippen molar-refractivity contribution < 1.29 is 34.2 Å². The first kappa shape index (κ1) is 30.2. The highest BCUT2D eigenvalue weighted by Gasteiger charge is 2.32. The molecule has 0 radical (unpaired) electrons. The molecule has 13 nitrogen and oxygen atoms in total. The van der Waals surface area contributed by atoms with Gasteiger partial charge in [-0.1, -0.05) is 20.3 Å². The molecular weight excluding hydrogens is 436 g/mol. The molecule has 0 aromatic heterocycles. The van der Waals surface area contributed by atoms with E-state index in [-0.39, 0.29) is 12.3 Å². The highest BCUT2D eigenvalue weighted by atomic mass is 16.4. The number of aliphatic hydroxyl groups is 1. The third kappa shape index (κ3) is 11.1. The van der Waals surface area contributed by atoms with Gasteiger partial charge in [0.15, 0.2) is 6.04 Å². The quantitative estimate of drug-likeness (QED) is 0.108. The lowest BCUT2D eigenvalue weighted by molar-refractivity contribution is -0.145. The zero-order valence-corrected chi connectivity index (χ0v) is 19.4. The van der Waals surface area contributed by atoms with Crippen molar-refractivity contribution >= 4 is 29.6 Å². The van der Waals surface area contributed by atoms with E-state index < -0.39 is 66.3 Å². The van der Waals surface area contributed by atoms with Crippen molar-refractivity contribution in [2.45, 2.75) is 83.1 Å². The number of carboxylic acids is 1. The first-order chi connectivity index (χ1) is 15.3. The Labute approximate surface area is 193 Å². The number of amides is 4. The number of nitrogens with two attached hydrogens (primary N) is 3. The minimum Gasteiger partial charge on any atom is -0.480 e. The van der Waals surface area contributed by atoms with Gasteiger partial charge in [0.05, 0.1) is 18.6 Å². The van der Waals surface area contributed by atoms with Crippen molar-refractivity contribution in [2.24, 2.45) is 23.1 Å². The molecule has 6 unspecified atom stereocenters. The molecule has 0 bridgehead atoms. The molecule has 0 aromatic rings. The normalized spacial score (nSPS) is 16.4. The minimum atomic E-state index is -1.60. The van der Waals surface area contributed by atoms with Crippen molar-refractivity contribution in [2.75, 3.05) is 6.54 Å². The lowest BCUT2D eigenvalue weighted by Gasteiger charge is -2.26. The van der Waals surface area contributed by atoms with E-state index >= 15 is 0 Å². The van der Waals surface area contributed by atoms with Crippen LogP contribution >= 0.6 is 0 Å². The van der Waals surface area contributed by atoms with Gasteiger partial charge in [-0.05, 0) is 38.6 Å². The number of unbranched alkanes of at least 4 members (excludes halogenated alkanes) is 1. The summed E-state index contributed by atoms with van der Waals surface area (Å²) in [5, 5.41) is 25.8. The van der Waals surface area contributed by atoms with Gasteiger partial charge in [0.25, 0.3) is 0 Å². The molecular formula is C20H38N6O7. The predicted molar refractivity (Wildman–Crippen MR) is 119 cm³/mol. The average molecular weight is 475 g/mol. The second kappa shape index (κ2) is 15.1. The Balaban J connectivity index is 5.56. The second-order valence-electron chi connectivity index (χ2n) is 8.05. The number of nitrogens with one attached hydrogen (secondary N) is 3. The summed E-state index contributed by atoms with van der Waals surface area (Å²) in [6, 6.07) is -5.12. The maximum absolute atomic E-state index is 12.8. The molecule has 13 heteroatoms. The molecule has 0 heterocycles. The summed E-state index contributed by atoms with van der Waals surface area (Å²) >= 11 is 0. The summed E-state index contributed by atoms with van der Waals surface area (Å²) in [5.41, 5.74) is 16.5. The Morgan fingerprint density at radius 3 is 1.91 bits per heavy atom. The average Bonchev–Trinajstić information content (AvgIpc) is 2.73. The molecule has 0 aromatic carbocycles. The zero-order valence-electron chi connectivity index (χ0n) is 19.4. The van der Waals surface area contributed by atoms with Crippen LogP contribution in [0, 0.1) is 5.92 Å². The van der Waals surface area contributed by atoms with Crippen LogP contribution in [-0.4, -0.2) is 76.6 Å². The molecule has 0 aliphatic heterocycles. The number of primary amides is 1. The van der Waals surface area contributed by atoms with Gasteiger partial charge in [-0.3, -0.25) is 19.2 Å². The van der Waals surface area contributed by atoms with Crippen molar-refractivity contribution in [1.29, 1.82) is 0 Å². The van der Waals surface area contributed by atoms with Crippen LogP contribution in [0.5, 0.6) is 0 Å². The van der Waals surface area contributed by atoms with E-state index in [1.54, 1.807) is 6.92 Å². The third-order valence-electron chi connectivity index (χ3n) is 5.22. The lowest BCUT2D eigenvalue weighted by Crippen LogP contribution is -2.59. The van der Waals surface area contributed by atoms with Crippen LogP contribution in [0.3, 0.4) is 0 Å². The summed E-state index contributed by atoms with van der Waals surface area (Å²) in [6.07, 6.45) is -0.261. The number of carbonyl (C=O) groups is 5. The summed E-state index contributed by atoms with van der Waals surface area (Å²) in [7, 11) is 0. The highest BCUT2D eigenvalue weighted by molar-refractivity contribution is 5.96. The number of hydrogen-bond acceptors (Lipinski definition) is 8. The Morgan fingerprint density at radius 1 is 0.909 bits per heavy atom. The fourth-order valence-corrected chi connectivity index (χ4v) is 2.87. The molecule has 6 atom stereocenters. The van der Waals surface area contributed by atoms with Crippen molar-refractivity contribution in [3.8, 4) is 0 Å². The molecule has 11 N–H and O–H groups in total. The zero-order chi connectivity index (χ0) is 25.7. The van der Waals surface area contributed by atoms with Crippen molar-refractivity contribution in [1.82, 2.24) is 16.0 Å². The predicted octanol–water partition coefficient (Wildman–Crippen LogP) is -2.72. The number of carbonyl (C=O) groups excluding carboxylic acids is 4. The molecule has 0 saturated carbocycles. The van der Waals surface area contributed by atoms with Crippen LogP contribution in [0.4, 0.5) is 0 Å². The summed E-state index contributed by atoms with van der Waals surface area (Å²) in [5.74, 6) is -4.88. The molecule has 0 aliphatic carbocycles. The largest absolute Gasteiger partial charge is 0.480 e. The van der Waals surface area contributed by atoms with E-state index in [1.165, 1.54) is 6.92 Å². The molecule has 0 fully saturated rings. The van der Waals surface area contributed by atoms with Crippen LogP contribution in [0.2, 0.25) is 0 Å². The van der Waals surface area contributed by atoms with Crippen LogP contribution in [0.25, 0.3) is 0 Å². The molecule has 33 heavy (non-hydrogen) atoms. The van der Waals surface area contributed by atoms with Crippen LogP contribution in [-0.2, 0) is 24.0 Å². The first-order valence-electron chi connectivity index (χ1n) is 10.9. The number of aliphatic hydroxyl groups excluding tert-OH is 1. The van der Waals surface area contributed by atoms with E-state index in [0.717, 1.165) is 0 Å². The maximum Gasteiger partial charge on any atom is 0.328 e. The molecule has 0 spiro atoms. The van der Waals surface area contributed by atoms with E-state index in [9.17, 15) is 34.2 Å². The van der Waals surface area contributed by atoms with Gasteiger partial charge in [-0.15, -0.1) is 0 Å². The minimum absolute atomic E-state index is 0.102. The van der Waals surface area contributed by atoms with E-state index in [1.807, 2.05) is 6.92 Å². The SMILES string of the molecule is CCC(C)C(N)C(=O)NC(CC(N)=O)C(=O)NC(CCCCN)C(=O)NC(C(=O)O)C(C)O. The smallest absolute Gasteiger partial charge is 0.328 e. The molecule has 0 rings (SSSR count). The molecule has 190 valence electrons. The Bertz CT molecular complexity index is 688. The van der Waals surface area contributed by atoms with Gasteiger partial charge in [0.2, 0.25) is 23.6 Å². The first-order valence-corrected chi connectivity index (χ1v) is 10.9. The van der Waals surface area contributed by atoms with Gasteiger partial charge >= 0.3 is 5.97 Å². The number of rotatable bonds is 16. The number of carboxylic acid groups (broad SMARTS) is 1. The maximum atomic E-state index is 12.8. The van der Waals surface area contributed by atoms with Gasteiger partial charge in [0.1, 0.15) is 12.1 Å². The number of hydrogen-bond donors (Lipinski definition) is 8. The van der Waals surface area contributed by atoms with Gasteiger partial charge in [-0.25, -0.2) is 4.79 Å². The molecule has 0 saturated heterocycles. The van der Waals surface area contributed by atoms with Crippen LogP contribution < -0.4 is 33.2 Å². The van der Waals surface area contributed by atoms with Crippen molar-refractivity contribution in [3.63, 3.8) is 0 Å². The summed E-state index contributed by atoms with van der Waals surface area (Å²) in [6.45, 7) is 5.13. The molecule has 4 amide bonds. The van der Waals surface area contributed by atoms with Crippen LogP contribution in [0.1, 0.15) is 52.9 Å². The van der Waals surface area contributed by atoms with Crippen molar-refractivity contribution in [3.05, 3.63) is 0 Å². The van der Waals surface area contributed by atoms with E-state index in [4.69, 9.17) is 17.2 Å². The summed E-state index contributed by atoms with van der Waals surface area (Å²) in [4.78, 5) is 60.7. The van der Waals surface area contributed by atoms with Crippen LogP contribution in [0.15, 0.2) is 0 Å². The summed E-state index contributed by atoms with van der Waals surface area (Å²) < 4.78 is 0. The molecule has 0 aliphatic rings. The van der Waals surface area contributed by atoms with Gasteiger partial charge < -0.3 is 43.4 Å². The highest BCUT2D eigenvalue weighted by Crippen LogP contribution is 2.07. The van der Waals surface area contributed by atoms with E-state index in [2.05, 4.69) is 16.0 Å². The second-order valence-corrected chi connectivity index (χ2v) is 8.05. The standard InChI is InChI=1S/C20H38N6O7/c1-4-10(2)15(23)19(31)25-13(9-14(22)28)18(30)24-12(7-5-6-8-21)17(29)26-16(11(3)27)20(32)33/h10-13,15-16,27H,4-9,21,23H2,1-3H3,(H2,22,28)(H,24,30)(H,25,31)(H,26,29)(H,32,33). The fraction of sp³-hybridized carbons (Fsp3) is 0.750. The lowest BCUT2D eigenvalue weighted by atomic mass is 9.98. The Kier molecular flexibility index (Phi) is 13.9. The Hall–Kier alpha value is -2.77. The topological polar surface area (TPSA) is 240 Å². The number of aliphatic carboxylic acids is 1. The van der Waals surface area contributed by atoms with E-state index in [0.29, 0.717) is 25.8 Å². The van der Waals surface area contributed by atoms with Gasteiger partial charge in [-0.2, -0.15) is 0 Å². The third-order valence-corrected chi connectivity index (χ3v) is 5.22. The van der Waals surface area contributed by atoms with Gasteiger partial charge in [0, 0.05) is 0 Å². The fourth-order valence-electron chi connectivity index (χ4n) is 2.87. The monoisotopic (exact) mass is 474 g/mol.